The normalized spacial score (nSPS) is 11.5. The van der Waals surface area contributed by atoms with E-state index < -0.39 is 0 Å². The van der Waals surface area contributed by atoms with Gasteiger partial charge in [-0.2, -0.15) is 0 Å². The van der Waals surface area contributed by atoms with Crippen LogP contribution in [0.15, 0.2) is 48.5 Å². The molecule has 94 heavy (non-hydrogen) atoms. The molecule has 0 spiro atoms. The third-order valence-electron chi connectivity index (χ3n) is 18.3. The fourth-order valence-corrected chi connectivity index (χ4v) is 13.9. The van der Waals surface area contributed by atoms with Gasteiger partial charge in [-0.05, 0) is 62.8 Å². The minimum absolute atomic E-state index is 0.637. The van der Waals surface area contributed by atoms with Gasteiger partial charge >= 0.3 is 0 Å². The summed E-state index contributed by atoms with van der Waals surface area (Å²) < 4.78 is 40.4. The second kappa shape index (κ2) is 54.6. The molecule has 10 nitrogen and oxygen atoms in total. The number of ether oxygens (including phenoxy) is 6. The van der Waals surface area contributed by atoms with Crippen LogP contribution in [-0.4, -0.2) is 60.0 Å². The van der Waals surface area contributed by atoms with E-state index in [9.17, 15) is 0 Å². The average molecular weight is 1340 g/mol. The highest BCUT2D eigenvalue weighted by Gasteiger charge is 2.22. The Kier molecular flexibility index (Phi) is 46.6. The summed E-state index contributed by atoms with van der Waals surface area (Å²) in [5.74, 6) is 4.43. The second-order valence-corrected chi connectivity index (χ2v) is 28.9. The quantitative estimate of drug-likeness (QED) is 0.0349. The van der Waals surface area contributed by atoms with Gasteiger partial charge in [0.1, 0.15) is 20.0 Å². The van der Waals surface area contributed by atoms with E-state index in [1.807, 2.05) is 0 Å². The molecule has 0 aliphatic heterocycles. The van der Waals surface area contributed by atoms with Gasteiger partial charge in [0.25, 0.3) is 0 Å². The number of hydrogen-bond donors (Lipinski definition) is 0. The molecule has 0 amide bonds. The Bertz CT molecular complexity index is 2320. The van der Waals surface area contributed by atoms with Crippen LogP contribution in [0.3, 0.4) is 0 Å². The summed E-state index contributed by atoms with van der Waals surface area (Å²) in [4.78, 5) is 0. The summed E-state index contributed by atoms with van der Waals surface area (Å²) in [5, 5.41) is 22.6. The molecule has 0 atom stereocenters. The van der Waals surface area contributed by atoms with Crippen LogP contribution in [0.1, 0.15) is 350 Å². The van der Waals surface area contributed by atoms with Crippen molar-refractivity contribution >= 4 is 22.7 Å². The largest absolute Gasteiger partial charge is 0.490 e. The van der Waals surface area contributed by atoms with E-state index in [4.69, 9.17) is 48.8 Å². The molecule has 0 aliphatic carbocycles. The molecule has 0 bridgehead atoms. The Morgan fingerprint density at radius 1 is 0.213 bits per heavy atom. The van der Waals surface area contributed by atoms with Crippen molar-refractivity contribution in [3.63, 3.8) is 0 Å². The predicted molar refractivity (Wildman–Crippen MR) is 404 cm³/mol. The molecular weight excluding hydrogens is 1200 g/mol. The molecule has 0 aliphatic rings. The van der Waals surface area contributed by atoms with Crippen molar-refractivity contribution in [1.82, 2.24) is 20.4 Å². The minimum Gasteiger partial charge on any atom is -0.490 e. The van der Waals surface area contributed by atoms with Crippen LogP contribution in [0.4, 0.5) is 0 Å². The molecular formula is C82H134N4O6S2. The zero-order valence-corrected chi connectivity index (χ0v) is 62.5. The zero-order chi connectivity index (χ0) is 66.4. The lowest BCUT2D eigenvalue weighted by molar-refractivity contribution is 0.234. The highest BCUT2D eigenvalue weighted by atomic mass is 32.1. The Morgan fingerprint density at radius 2 is 0.383 bits per heavy atom. The standard InChI is InChI=1S/C82H134N4O6S2/c1-7-13-19-25-31-37-43-49-59-87-73-65-71(66-74(88-60-50-44-38-32-26-20-14-8-2)77(73)91-63-53-47-41-35-29-23-17-11-5)81-85-83-79(93-81)69-55-57-70(58-56-69)80-84-86-82(94-80)72-67-75(89-61-51-45-39-33-27-21-15-9-3)78(92-64-54-48-42-36-30-24-18-12-6)76(68-72)90-62-52-46-40-34-28-22-16-10-4/h55-58,65-68H,7-54,59-64H2,1-6H3. The first-order chi connectivity index (χ1) is 46.5. The molecule has 2 heterocycles. The highest BCUT2D eigenvalue weighted by Crippen LogP contribution is 2.46. The summed E-state index contributed by atoms with van der Waals surface area (Å²) in [5.41, 5.74) is 3.87. The first kappa shape index (κ1) is 80.3. The van der Waals surface area contributed by atoms with Crippen molar-refractivity contribution in [1.29, 1.82) is 0 Å². The van der Waals surface area contributed by atoms with Crippen molar-refractivity contribution in [3.8, 4) is 76.8 Å². The van der Waals surface area contributed by atoms with Crippen molar-refractivity contribution in [3.05, 3.63) is 48.5 Å². The van der Waals surface area contributed by atoms with Crippen LogP contribution >= 0.6 is 22.7 Å². The Morgan fingerprint density at radius 3 is 0.585 bits per heavy atom. The Hall–Kier alpha value is -4.42. The van der Waals surface area contributed by atoms with Crippen molar-refractivity contribution in [2.75, 3.05) is 39.6 Å². The summed E-state index contributed by atoms with van der Waals surface area (Å²) in [6.45, 7) is 17.5. The molecule has 0 unspecified atom stereocenters. The number of rotatable bonds is 64. The number of benzene rings is 3. The lowest BCUT2D eigenvalue weighted by Crippen LogP contribution is -2.06. The maximum Gasteiger partial charge on any atom is 0.203 e. The summed E-state index contributed by atoms with van der Waals surface area (Å²) >= 11 is 3.18. The summed E-state index contributed by atoms with van der Waals surface area (Å²) in [6, 6.07) is 17.0. The van der Waals surface area contributed by atoms with Gasteiger partial charge in [0.2, 0.25) is 11.5 Å². The maximum atomic E-state index is 6.74. The fourth-order valence-electron chi connectivity index (χ4n) is 12.3. The molecule has 2 aromatic heterocycles. The van der Waals surface area contributed by atoms with E-state index in [-0.39, 0.29) is 0 Å². The van der Waals surface area contributed by atoms with Gasteiger partial charge in [0, 0.05) is 22.3 Å². The molecule has 0 radical (unpaired) electrons. The Balaban J connectivity index is 1.36. The molecule has 0 saturated heterocycles. The molecule has 530 valence electrons. The number of unbranched alkanes of at least 4 members (excludes halogenated alkanes) is 42. The van der Waals surface area contributed by atoms with Gasteiger partial charge in [-0.1, -0.05) is 358 Å². The minimum atomic E-state index is 0.637. The lowest BCUT2D eigenvalue weighted by atomic mass is 10.1. The first-order valence-corrected chi connectivity index (χ1v) is 41.1. The van der Waals surface area contributed by atoms with E-state index in [2.05, 4.69) is 90.1 Å². The molecule has 12 heteroatoms. The molecule has 5 rings (SSSR count). The summed E-state index contributed by atoms with van der Waals surface area (Å²) in [7, 11) is 0. The SMILES string of the molecule is CCCCCCCCCCOc1cc(-c2nnc(-c3ccc(-c4nnc(-c5cc(OCCCCCCCCCC)c(OCCCCCCCCCC)c(OCCCCCCCCCC)c5)s4)cc3)s2)cc(OCCCCCCCCCC)c1OCCCCCCCCCC. The van der Waals surface area contributed by atoms with Gasteiger partial charge in [0.05, 0.1) is 39.6 Å². The third kappa shape index (κ3) is 34.7. The monoisotopic (exact) mass is 1330 g/mol. The predicted octanol–water partition coefficient (Wildman–Crippen LogP) is 27.2. The first-order valence-electron chi connectivity index (χ1n) is 39.4. The van der Waals surface area contributed by atoms with E-state index >= 15 is 0 Å². The Labute approximate surface area is 582 Å². The van der Waals surface area contributed by atoms with Crippen LogP contribution in [0.25, 0.3) is 42.3 Å². The van der Waals surface area contributed by atoms with Gasteiger partial charge in [-0.25, -0.2) is 0 Å². The highest BCUT2D eigenvalue weighted by molar-refractivity contribution is 7.18. The lowest BCUT2D eigenvalue weighted by Gasteiger charge is -2.18. The van der Waals surface area contributed by atoms with Crippen LogP contribution in [0.2, 0.25) is 0 Å². The zero-order valence-electron chi connectivity index (χ0n) is 60.9. The van der Waals surface area contributed by atoms with Gasteiger partial charge in [-0.15, -0.1) is 20.4 Å². The number of aromatic nitrogens is 4. The summed E-state index contributed by atoms with van der Waals surface area (Å²) in [6.07, 6.45) is 60.0. The molecule has 0 saturated carbocycles. The van der Waals surface area contributed by atoms with E-state index in [0.29, 0.717) is 39.6 Å². The topological polar surface area (TPSA) is 107 Å². The average Bonchev–Trinajstić information content (AvgIpc) is 1.54. The third-order valence-corrected chi connectivity index (χ3v) is 20.3. The van der Waals surface area contributed by atoms with Crippen LogP contribution in [-0.2, 0) is 0 Å². The van der Waals surface area contributed by atoms with Gasteiger partial charge < -0.3 is 28.4 Å². The van der Waals surface area contributed by atoms with E-state index in [1.165, 1.54) is 244 Å². The fraction of sp³-hybridized carbons (Fsp3) is 0.732. The molecule has 0 N–H and O–H groups in total. The smallest absolute Gasteiger partial charge is 0.203 e. The number of hydrogen-bond acceptors (Lipinski definition) is 12. The van der Waals surface area contributed by atoms with E-state index in [1.54, 1.807) is 22.7 Å². The van der Waals surface area contributed by atoms with Gasteiger partial charge in [0.15, 0.2) is 23.0 Å². The van der Waals surface area contributed by atoms with Crippen LogP contribution in [0, 0.1) is 0 Å². The molecule has 3 aromatic carbocycles. The van der Waals surface area contributed by atoms with E-state index in [0.717, 1.165) is 141 Å². The van der Waals surface area contributed by atoms with Crippen LogP contribution < -0.4 is 28.4 Å². The van der Waals surface area contributed by atoms with Crippen molar-refractivity contribution in [2.45, 2.75) is 350 Å². The van der Waals surface area contributed by atoms with Crippen LogP contribution in [0.5, 0.6) is 34.5 Å². The second-order valence-electron chi connectivity index (χ2n) is 26.9. The van der Waals surface area contributed by atoms with Gasteiger partial charge in [-0.3, -0.25) is 0 Å². The van der Waals surface area contributed by atoms with Crippen molar-refractivity contribution in [2.24, 2.45) is 0 Å². The van der Waals surface area contributed by atoms with Crippen molar-refractivity contribution < 1.29 is 28.4 Å². The molecule has 5 aromatic rings. The number of nitrogens with zero attached hydrogens (tertiary/aromatic N) is 4. The molecule has 0 fully saturated rings. The maximum absolute atomic E-state index is 6.74.